The third-order valence-electron chi connectivity index (χ3n) is 1.87. The summed E-state index contributed by atoms with van der Waals surface area (Å²) < 4.78 is 18.5. The highest BCUT2D eigenvalue weighted by atomic mass is 79.9. The summed E-state index contributed by atoms with van der Waals surface area (Å²) in [7, 11) is 1.47. The smallest absolute Gasteiger partial charge is 0.137 e. The Bertz CT molecular complexity index is 333. The van der Waals surface area contributed by atoms with Crippen molar-refractivity contribution in [3.05, 3.63) is 28.0 Å². The number of hydrogen-bond acceptors (Lipinski definition) is 3. The van der Waals surface area contributed by atoms with E-state index in [-0.39, 0.29) is 6.61 Å². The van der Waals surface area contributed by atoms with Crippen LogP contribution >= 0.6 is 15.9 Å². The summed E-state index contributed by atoms with van der Waals surface area (Å²) in [6.45, 7) is -0.253. The minimum absolute atomic E-state index is 0.253. The van der Waals surface area contributed by atoms with Gasteiger partial charge in [-0.25, -0.2) is 4.39 Å². The average Bonchev–Trinajstić information content (AvgIpc) is 2.20. The number of methoxy groups -OCH3 is 1. The summed E-state index contributed by atoms with van der Waals surface area (Å²) in [6, 6.07) is 2.11. The molecule has 0 amide bonds. The first-order chi connectivity index (χ1) is 6.60. The first-order valence-electron chi connectivity index (χ1n) is 3.99. The number of aliphatic hydroxyl groups is 1. The van der Waals surface area contributed by atoms with Crippen LogP contribution in [0.25, 0.3) is 0 Å². The molecule has 0 heterocycles. The number of benzene rings is 1. The molecule has 0 aliphatic heterocycles. The van der Waals surface area contributed by atoms with Crippen LogP contribution in [0.4, 0.5) is 4.39 Å². The van der Waals surface area contributed by atoms with Crippen LogP contribution in [0.5, 0.6) is 5.75 Å². The van der Waals surface area contributed by atoms with E-state index in [1.165, 1.54) is 19.2 Å². The summed E-state index contributed by atoms with van der Waals surface area (Å²) in [4.78, 5) is 0. The second kappa shape index (κ2) is 4.72. The molecule has 0 fully saturated rings. The summed E-state index contributed by atoms with van der Waals surface area (Å²) in [6.07, 6.45) is 0. The Hall–Kier alpha value is -0.650. The molecule has 0 saturated heterocycles. The van der Waals surface area contributed by atoms with Crippen molar-refractivity contribution in [2.75, 3.05) is 13.7 Å². The van der Waals surface area contributed by atoms with Crippen molar-refractivity contribution < 1.29 is 14.2 Å². The molecule has 0 saturated carbocycles. The standard InChI is InChI=1S/C9H11BrFNO2/c1-14-9-3-6(10)7(11)2-5(9)8(12)4-13/h2-3,8,13H,4,12H2,1H3. The van der Waals surface area contributed by atoms with Gasteiger partial charge in [-0.2, -0.15) is 0 Å². The second-order valence-electron chi connectivity index (χ2n) is 2.80. The maximum absolute atomic E-state index is 13.2. The molecule has 14 heavy (non-hydrogen) atoms. The number of rotatable bonds is 3. The lowest BCUT2D eigenvalue weighted by atomic mass is 10.1. The van der Waals surface area contributed by atoms with E-state index in [0.717, 1.165) is 0 Å². The Morgan fingerprint density at radius 2 is 2.29 bits per heavy atom. The highest BCUT2D eigenvalue weighted by molar-refractivity contribution is 9.10. The van der Waals surface area contributed by atoms with Crippen LogP contribution < -0.4 is 10.5 Å². The Morgan fingerprint density at radius 3 is 2.79 bits per heavy atom. The van der Waals surface area contributed by atoms with Gasteiger partial charge in [0.05, 0.1) is 24.2 Å². The van der Waals surface area contributed by atoms with Gasteiger partial charge in [0.25, 0.3) is 0 Å². The largest absolute Gasteiger partial charge is 0.496 e. The molecule has 1 aromatic rings. The van der Waals surface area contributed by atoms with E-state index in [1.54, 1.807) is 0 Å². The SMILES string of the molecule is COc1cc(Br)c(F)cc1C(N)CO. The third-order valence-corrected chi connectivity index (χ3v) is 2.48. The van der Waals surface area contributed by atoms with Crippen molar-refractivity contribution in [1.29, 1.82) is 0 Å². The molecule has 1 aromatic carbocycles. The molecule has 0 aliphatic carbocycles. The predicted octanol–water partition coefficient (Wildman–Crippen LogP) is 1.59. The number of nitrogens with two attached hydrogens (primary N) is 1. The molecule has 78 valence electrons. The fourth-order valence-electron chi connectivity index (χ4n) is 1.11. The van der Waals surface area contributed by atoms with E-state index in [9.17, 15) is 4.39 Å². The maximum atomic E-state index is 13.2. The Morgan fingerprint density at radius 1 is 1.64 bits per heavy atom. The van der Waals surface area contributed by atoms with Gasteiger partial charge in [-0.3, -0.25) is 0 Å². The van der Waals surface area contributed by atoms with E-state index < -0.39 is 11.9 Å². The van der Waals surface area contributed by atoms with E-state index >= 15 is 0 Å². The first kappa shape index (κ1) is 11.4. The van der Waals surface area contributed by atoms with Gasteiger partial charge in [-0.15, -0.1) is 0 Å². The van der Waals surface area contributed by atoms with Crippen molar-refractivity contribution in [2.45, 2.75) is 6.04 Å². The third kappa shape index (κ3) is 2.23. The zero-order chi connectivity index (χ0) is 10.7. The summed E-state index contributed by atoms with van der Waals surface area (Å²) in [5.41, 5.74) is 6.03. The van der Waals surface area contributed by atoms with Gasteiger partial charge in [-0.05, 0) is 28.1 Å². The van der Waals surface area contributed by atoms with Gasteiger partial charge in [-0.1, -0.05) is 0 Å². The topological polar surface area (TPSA) is 55.5 Å². The van der Waals surface area contributed by atoms with E-state index in [1.807, 2.05) is 0 Å². The molecule has 0 aliphatic rings. The lowest BCUT2D eigenvalue weighted by Gasteiger charge is -2.14. The van der Waals surface area contributed by atoms with Crippen LogP contribution in [0.1, 0.15) is 11.6 Å². The van der Waals surface area contributed by atoms with Gasteiger partial charge in [0.15, 0.2) is 0 Å². The van der Waals surface area contributed by atoms with Crippen molar-refractivity contribution >= 4 is 15.9 Å². The highest BCUT2D eigenvalue weighted by Gasteiger charge is 2.14. The maximum Gasteiger partial charge on any atom is 0.137 e. The second-order valence-corrected chi connectivity index (χ2v) is 3.65. The summed E-state index contributed by atoms with van der Waals surface area (Å²) in [5.74, 6) is 0.0320. The van der Waals surface area contributed by atoms with Gasteiger partial charge >= 0.3 is 0 Å². The van der Waals surface area contributed by atoms with Crippen molar-refractivity contribution in [1.82, 2.24) is 0 Å². The number of ether oxygens (including phenoxy) is 1. The summed E-state index contributed by atoms with van der Waals surface area (Å²) >= 11 is 3.03. The molecule has 1 rings (SSSR count). The van der Waals surface area contributed by atoms with Crippen LogP contribution in [0.15, 0.2) is 16.6 Å². The monoisotopic (exact) mass is 263 g/mol. The molecule has 1 atom stereocenters. The molecule has 0 aromatic heterocycles. The lowest BCUT2D eigenvalue weighted by molar-refractivity contribution is 0.264. The van der Waals surface area contributed by atoms with Crippen LogP contribution in [0, 0.1) is 5.82 Å². The Balaban J connectivity index is 3.19. The predicted molar refractivity (Wildman–Crippen MR) is 54.7 cm³/mol. The molecule has 0 spiro atoms. The van der Waals surface area contributed by atoms with Crippen molar-refractivity contribution in [3.63, 3.8) is 0 Å². The minimum atomic E-state index is -0.632. The average molecular weight is 264 g/mol. The van der Waals surface area contributed by atoms with Gasteiger partial charge in [0.2, 0.25) is 0 Å². The number of aliphatic hydroxyl groups excluding tert-OH is 1. The van der Waals surface area contributed by atoms with Crippen molar-refractivity contribution in [3.8, 4) is 5.75 Å². The normalized spacial score (nSPS) is 12.6. The van der Waals surface area contributed by atoms with Crippen LogP contribution in [0.3, 0.4) is 0 Å². The molecule has 3 nitrogen and oxygen atoms in total. The van der Waals surface area contributed by atoms with E-state index in [2.05, 4.69) is 15.9 Å². The van der Waals surface area contributed by atoms with Crippen LogP contribution in [-0.4, -0.2) is 18.8 Å². The van der Waals surface area contributed by atoms with Gasteiger partial charge < -0.3 is 15.6 Å². The van der Waals surface area contributed by atoms with Crippen LogP contribution in [-0.2, 0) is 0 Å². The summed E-state index contributed by atoms with van der Waals surface area (Å²) in [5, 5.41) is 8.85. The number of halogens is 2. The molecule has 0 bridgehead atoms. The first-order valence-corrected chi connectivity index (χ1v) is 4.78. The molecule has 0 radical (unpaired) electrons. The van der Waals surface area contributed by atoms with Gasteiger partial charge in [0, 0.05) is 5.56 Å². The molecule has 3 N–H and O–H groups in total. The zero-order valence-electron chi connectivity index (χ0n) is 7.63. The molecule has 1 unspecified atom stereocenters. The molecular formula is C9H11BrFNO2. The zero-order valence-corrected chi connectivity index (χ0v) is 9.21. The fraction of sp³-hybridized carbons (Fsp3) is 0.333. The number of hydrogen-bond donors (Lipinski definition) is 2. The quantitative estimate of drug-likeness (QED) is 0.871. The minimum Gasteiger partial charge on any atom is -0.496 e. The lowest BCUT2D eigenvalue weighted by Crippen LogP contribution is -2.15. The molecule has 5 heteroatoms. The Labute approximate surface area is 89.8 Å². The van der Waals surface area contributed by atoms with Crippen molar-refractivity contribution in [2.24, 2.45) is 5.73 Å². The van der Waals surface area contributed by atoms with Crippen LogP contribution in [0.2, 0.25) is 0 Å². The van der Waals surface area contributed by atoms with E-state index in [0.29, 0.717) is 15.8 Å². The van der Waals surface area contributed by atoms with Gasteiger partial charge in [0.1, 0.15) is 11.6 Å². The molecular weight excluding hydrogens is 253 g/mol. The Kier molecular flexibility index (Phi) is 3.86. The van der Waals surface area contributed by atoms with E-state index in [4.69, 9.17) is 15.6 Å². The highest BCUT2D eigenvalue weighted by Crippen LogP contribution is 2.29. The fourth-order valence-corrected chi connectivity index (χ4v) is 1.43.